The normalized spacial score (nSPS) is 19.9. The largest absolute Gasteiger partial charge is 0.457 e. The van der Waals surface area contributed by atoms with Crippen molar-refractivity contribution in [3.63, 3.8) is 0 Å². The van der Waals surface area contributed by atoms with Gasteiger partial charge in [-0.2, -0.15) is 0 Å². The molecule has 1 atom stereocenters. The SMILES string of the molecule is CC1(C)COC(=O)N[C@@H]1c1ccc(Oc2ccccc2)cc1. The second kappa shape index (κ2) is 5.72. The van der Waals surface area contributed by atoms with Gasteiger partial charge in [0.2, 0.25) is 0 Å². The van der Waals surface area contributed by atoms with Gasteiger partial charge in [0, 0.05) is 5.41 Å². The Labute approximate surface area is 130 Å². The highest BCUT2D eigenvalue weighted by Gasteiger charge is 2.37. The van der Waals surface area contributed by atoms with E-state index in [2.05, 4.69) is 19.2 Å². The molecule has 1 fully saturated rings. The number of rotatable bonds is 3. The first-order valence-corrected chi connectivity index (χ1v) is 7.31. The number of ether oxygens (including phenoxy) is 2. The van der Waals surface area contributed by atoms with Crippen molar-refractivity contribution in [1.29, 1.82) is 0 Å². The summed E-state index contributed by atoms with van der Waals surface area (Å²) >= 11 is 0. The highest BCUT2D eigenvalue weighted by atomic mass is 16.6. The molecule has 1 amide bonds. The molecule has 0 unspecified atom stereocenters. The van der Waals surface area contributed by atoms with Crippen LogP contribution < -0.4 is 10.1 Å². The molecule has 1 aliphatic heterocycles. The zero-order chi connectivity index (χ0) is 15.6. The lowest BCUT2D eigenvalue weighted by atomic mass is 9.80. The predicted molar refractivity (Wildman–Crippen MR) is 84.0 cm³/mol. The Balaban J connectivity index is 1.77. The summed E-state index contributed by atoms with van der Waals surface area (Å²) in [5.41, 5.74) is 0.887. The molecule has 22 heavy (non-hydrogen) atoms. The highest BCUT2D eigenvalue weighted by Crippen LogP contribution is 2.37. The number of benzene rings is 2. The van der Waals surface area contributed by atoms with E-state index in [0.29, 0.717) is 6.61 Å². The third-order valence-electron chi connectivity index (χ3n) is 3.81. The lowest BCUT2D eigenvalue weighted by molar-refractivity contribution is 0.0387. The number of hydrogen-bond donors (Lipinski definition) is 1. The fraction of sp³-hybridized carbons (Fsp3) is 0.278. The third-order valence-corrected chi connectivity index (χ3v) is 3.81. The Morgan fingerprint density at radius 1 is 1.05 bits per heavy atom. The van der Waals surface area contributed by atoms with E-state index in [1.807, 2.05) is 54.6 Å². The van der Waals surface area contributed by atoms with E-state index in [1.54, 1.807) is 0 Å². The van der Waals surface area contributed by atoms with Gasteiger partial charge >= 0.3 is 6.09 Å². The quantitative estimate of drug-likeness (QED) is 0.919. The van der Waals surface area contributed by atoms with Gasteiger partial charge in [-0.15, -0.1) is 0 Å². The van der Waals surface area contributed by atoms with E-state index in [-0.39, 0.29) is 17.6 Å². The van der Waals surface area contributed by atoms with Crippen LogP contribution in [-0.4, -0.2) is 12.7 Å². The number of para-hydroxylation sites is 1. The number of amides is 1. The molecule has 0 spiro atoms. The molecule has 1 heterocycles. The second-order valence-electron chi connectivity index (χ2n) is 6.13. The van der Waals surface area contributed by atoms with E-state index in [0.717, 1.165) is 17.1 Å². The van der Waals surface area contributed by atoms with Crippen LogP contribution in [0.1, 0.15) is 25.5 Å². The fourth-order valence-corrected chi connectivity index (χ4v) is 2.58. The van der Waals surface area contributed by atoms with Crippen molar-refractivity contribution in [2.45, 2.75) is 19.9 Å². The number of carbonyl (C=O) groups excluding carboxylic acids is 1. The lowest BCUT2D eigenvalue weighted by Gasteiger charge is -2.38. The summed E-state index contributed by atoms with van der Waals surface area (Å²) in [6.45, 7) is 4.56. The summed E-state index contributed by atoms with van der Waals surface area (Å²) in [5.74, 6) is 1.57. The molecule has 1 saturated heterocycles. The highest BCUT2D eigenvalue weighted by molar-refractivity contribution is 5.69. The molecule has 4 nitrogen and oxygen atoms in total. The van der Waals surface area contributed by atoms with Crippen LogP contribution >= 0.6 is 0 Å². The molecule has 114 valence electrons. The molecule has 2 aromatic carbocycles. The Bertz CT molecular complexity index is 650. The Kier molecular flexibility index (Phi) is 3.75. The number of alkyl carbamates (subject to hydrolysis) is 1. The van der Waals surface area contributed by atoms with Gasteiger partial charge in [0.05, 0.1) is 6.04 Å². The van der Waals surface area contributed by atoms with Gasteiger partial charge in [0.15, 0.2) is 0 Å². The molecule has 0 bridgehead atoms. The Morgan fingerprint density at radius 3 is 2.36 bits per heavy atom. The minimum atomic E-state index is -0.367. The summed E-state index contributed by atoms with van der Waals surface area (Å²) in [7, 11) is 0. The summed E-state index contributed by atoms with van der Waals surface area (Å²) in [6.07, 6.45) is -0.367. The number of cyclic esters (lactones) is 1. The van der Waals surface area contributed by atoms with Gasteiger partial charge in [-0.05, 0) is 29.8 Å². The van der Waals surface area contributed by atoms with E-state index in [9.17, 15) is 4.79 Å². The lowest BCUT2D eigenvalue weighted by Crippen LogP contribution is -2.46. The topological polar surface area (TPSA) is 47.6 Å². The predicted octanol–water partition coefficient (Wildman–Crippen LogP) is 4.29. The van der Waals surface area contributed by atoms with Crippen molar-refractivity contribution in [1.82, 2.24) is 5.32 Å². The van der Waals surface area contributed by atoms with Gasteiger partial charge in [-0.3, -0.25) is 0 Å². The van der Waals surface area contributed by atoms with Crippen molar-refractivity contribution in [3.05, 3.63) is 60.2 Å². The van der Waals surface area contributed by atoms with Crippen LogP contribution in [0.3, 0.4) is 0 Å². The molecule has 3 rings (SSSR count). The van der Waals surface area contributed by atoms with Crippen LogP contribution in [0, 0.1) is 5.41 Å². The smallest absolute Gasteiger partial charge is 0.407 e. The first-order chi connectivity index (χ1) is 10.5. The van der Waals surface area contributed by atoms with E-state index in [4.69, 9.17) is 9.47 Å². The zero-order valence-electron chi connectivity index (χ0n) is 12.7. The second-order valence-corrected chi connectivity index (χ2v) is 6.13. The van der Waals surface area contributed by atoms with Crippen molar-refractivity contribution in [2.24, 2.45) is 5.41 Å². The number of hydrogen-bond acceptors (Lipinski definition) is 3. The van der Waals surface area contributed by atoms with Crippen molar-refractivity contribution in [3.8, 4) is 11.5 Å². The van der Waals surface area contributed by atoms with Crippen LogP contribution in [-0.2, 0) is 4.74 Å². The Morgan fingerprint density at radius 2 is 1.68 bits per heavy atom. The molecule has 1 aliphatic rings. The van der Waals surface area contributed by atoms with Gasteiger partial charge in [-0.1, -0.05) is 44.2 Å². The summed E-state index contributed by atoms with van der Waals surface area (Å²) < 4.78 is 10.9. The molecule has 1 N–H and O–H groups in total. The van der Waals surface area contributed by atoms with Crippen molar-refractivity contribution < 1.29 is 14.3 Å². The average Bonchev–Trinajstić information content (AvgIpc) is 2.52. The zero-order valence-corrected chi connectivity index (χ0v) is 12.7. The summed E-state index contributed by atoms with van der Waals surface area (Å²) in [6, 6.07) is 17.4. The number of carbonyl (C=O) groups is 1. The maximum Gasteiger partial charge on any atom is 0.407 e. The minimum absolute atomic E-state index is 0.0699. The van der Waals surface area contributed by atoms with Gasteiger partial charge in [-0.25, -0.2) is 4.79 Å². The molecular formula is C18H19NO3. The molecule has 0 saturated carbocycles. The van der Waals surface area contributed by atoms with E-state index < -0.39 is 0 Å². The average molecular weight is 297 g/mol. The molecule has 0 radical (unpaired) electrons. The molecule has 4 heteroatoms. The van der Waals surface area contributed by atoms with E-state index in [1.165, 1.54) is 0 Å². The van der Waals surface area contributed by atoms with Crippen molar-refractivity contribution in [2.75, 3.05) is 6.61 Å². The van der Waals surface area contributed by atoms with Gasteiger partial charge < -0.3 is 14.8 Å². The van der Waals surface area contributed by atoms with Crippen LogP contribution in [0.4, 0.5) is 4.79 Å². The molecule has 0 aromatic heterocycles. The van der Waals surface area contributed by atoms with Crippen LogP contribution in [0.25, 0.3) is 0 Å². The number of nitrogens with one attached hydrogen (secondary N) is 1. The first-order valence-electron chi connectivity index (χ1n) is 7.31. The van der Waals surface area contributed by atoms with Crippen LogP contribution in [0.5, 0.6) is 11.5 Å². The molecule has 0 aliphatic carbocycles. The Hall–Kier alpha value is -2.49. The maximum absolute atomic E-state index is 11.5. The monoisotopic (exact) mass is 297 g/mol. The molecule has 2 aromatic rings. The summed E-state index contributed by atoms with van der Waals surface area (Å²) in [4.78, 5) is 11.5. The summed E-state index contributed by atoms with van der Waals surface area (Å²) in [5, 5.41) is 2.89. The van der Waals surface area contributed by atoms with Crippen molar-refractivity contribution >= 4 is 6.09 Å². The maximum atomic E-state index is 11.5. The molecular weight excluding hydrogens is 278 g/mol. The van der Waals surface area contributed by atoms with Crippen LogP contribution in [0.15, 0.2) is 54.6 Å². The van der Waals surface area contributed by atoms with Gasteiger partial charge in [0.1, 0.15) is 18.1 Å². The van der Waals surface area contributed by atoms with E-state index >= 15 is 0 Å². The standard InChI is InChI=1S/C18H19NO3/c1-18(2)12-21-17(20)19-16(18)13-8-10-15(11-9-13)22-14-6-4-3-5-7-14/h3-11,16H,12H2,1-2H3,(H,19,20)/t16-/m1/s1. The fourth-order valence-electron chi connectivity index (χ4n) is 2.58. The van der Waals surface area contributed by atoms with Gasteiger partial charge in [0.25, 0.3) is 0 Å². The third kappa shape index (κ3) is 3.06. The first kappa shape index (κ1) is 14.4. The minimum Gasteiger partial charge on any atom is -0.457 e. The van der Waals surface area contributed by atoms with Crippen LogP contribution in [0.2, 0.25) is 0 Å².